The first-order valence-corrected chi connectivity index (χ1v) is 7.15. The second kappa shape index (κ2) is 6.21. The minimum Gasteiger partial charge on any atom is -0.371 e. The molecule has 0 aliphatic carbocycles. The molecule has 1 aliphatic heterocycles. The normalized spacial score (nSPS) is 22.1. The molecule has 20 heavy (non-hydrogen) atoms. The minimum atomic E-state index is 0.179. The van der Waals surface area contributed by atoms with Gasteiger partial charge < -0.3 is 9.47 Å². The number of ether oxygens (including phenoxy) is 2. The van der Waals surface area contributed by atoms with Crippen molar-refractivity contribution >= 4 is 0 Å². The van der Waals surface area contributed by atoms with E-state index in [9.17, 15) is 0 Å². The number of aryl methyl sites for hydroxylation is 1. The maximum absolute atomic E-state index is 6.00. The number of hydrogen-bond acceptors (Lipinski definition) is 2. The van der Waals surface area contributed by atoms with Crippen LogP contribution in [0.25, 0.3) is 0 Å². The first-order chi connectivity index (χ1) is 9.83. The molecule has 1 saturated heterocycles. The van der Waals surface area contributed by atoms with Crippen LogP contribution >= 0.6 is 0 Å². The molecule has 1 heterocycles. The molecule has 2 unspecified atom stereocenters. The summed E-state index contributed by atoms with van der Waals surface area (Å²) in [6.45, 7) is 3.48. The maximum atomic E-state index is 6.00. The third-order valence-corrected chi connectivity index (χ3v) is 3.87. The van der Waals surface area contributed by atoms with Gasteiger partial charge in [-0.2, -0.15) is 0 Å². The van der Waals surface area contributed by atoms with Gasteiger partial charge in [-0.1, -0.05) is 54.6 Å². The standard InChI is InChI=1S/C18H20O2/c1-14-7-5-6-10-16(14)12-19-17-11-18(20-13-17)15-8-3-2-4-9-15/h2-10,17-18H,11-13H2,1H3. The van der Waals surface area contributed by atoms with Crippen molar-refractivity contribution < 1.29 is 9.47 Å². The molecule has 0 aromatic heterocycles. The lowest BCUT2D eigenvalue weighted by atomic mass is 10.1. The summed E-state index contributed by atoms with van der Waals surface area (Å²) in [7, 11) is 0. The van der Waals surface area contributed by atoms with Crippen molar-refractivity contribution in [3.8, 4) is 0 Å². The van der Waals surface area contributed by atoms with E-state index < -0.39 is 0 Å². The van der Waals surface area contributed by atoms with Gasteiger partial charge in [0.15, 0.2) is 0 Å². The molecule has 2 atom stereocenters. The van der Waals surface area contributed by atoms with Gasteiger partial charge in [0, 0.05) is 6.42 Å². The van der Waals surface area contributed by atoms with Crippen LogP contribution in [0.3, 0.4) is 0 Å². The Kier molecular flexibility index (Phi) is 4.14. The highest BCUT2D eigenvalue weighted by Gasteiger charge is 2.27. The van der Waals surface area contributed by atoms with E-state index >= 15 is 0 Å². The molecular weight excluding hydrogens is 248 g/mol. The fraction of sp³-hybridized carbons (Fsp3) is 0.333. The van der Waals surface area contributed by atoms with E-state index in [1.165, 1.54) is 16.7 Å². The highest BCUT2D eigenvalue weighted by molar-refractivity contribution is 5.24. The van der Waals surface area contributed by atoms with Gasteiger partial charge >= 0.3 is 0 Å². The molecule has 104 valence electrons. The van der Waals surface area contributed by atoms with E-state index in [0.29, 0.717) is 13.2 Å². The Balaban J connectivity index is 1.55. The first kappa shape index (κ1) is 13.3. The van der Waals surface area contributed by atoms with Gasteiger partial charge in [0.25, 0.3) is 0 Å². The molecule has 0 saturated carbocycles. The van der Waals surface area contributed by atoms with Crippen LogP contribution in [0.1, 0.15) is 29.2 Å². The van der Waals surface area contributed by atoms with Crippen LogP contribution in [0.4, 0.5) is 0 Å². The molecule has 0 amide bonds. The van der Waals surface area contributed by atoms with E-state index in [0.717, 1.165) is 6.42 Å². The van der Waals surface area contributed by atoms with Crippen molar-refractivity contribution in [3.63, 3.8) is 0 Å². The Morgan fingerprint density at radius 1 is 1.05 bits per heavy atom. The zero-order chi connectivity index (χ0) is 13.8. The number of hydrogen-bond donors (Lipinski definition) is 0. The van der Waals surface area contributed by atoms with E-state index in [4.69, 9.17) is 9.47 Å². The third kappa shape index (κ3) is 3.09. The molecule has 0 radical (unpaired) electrons. The van der Waals surface area contributed by atoms with E-state index in [-0.39, 0.29) is 12.2 Å². The molecular formula is C18H20O2. The van der Waals surface area contributed by atoms with Crippen molar-refractivity contribution in [1.29, 1.82) is 0 Å². The van der Waals surface area contributed by atoms with Crippen molar-refractivity contribution in [2.75, 3.05) is 6.61 Å². The van der Waals surface area contributed by atoms with Crippen molar-refractivity contribution in [2.24, 2.45) is 0 Å². The predicted octanol–water partition coefficient (Wildman–Crippen LogP) is 4.04. The highest BCUT2D eigenvalue weighted by atomic mass is 16.5. The SMILES string of the molecule is Cc1ccccc1COC1COC(c2ccccc2)C1. The van der Waals surface area contributed by atoms with Gasteiger partial charge in [-0.25, -0.2) is 0 Å². The van der Waals surface area contributed by atoms with Crippen LogP contribution in [-0.2, 0) is 16.1 Å². The molecule has 1 fully saturated rings. The van der Waals surface area contributed by atoms with Crippen LogP contribution in [-0.4, -0.2) is 12.7 Å². The number of benzene rings is 2. The summed E-state index contributed by atoms with van der Waals surface area (Å²) in [5.41, 5.74) is 3.79. The van der Waals surface area contributed by atoms with E-state index in [2.05, 4.69) is 55.5 Å². The molecule has 0 N–H and O–H groups in total. The third-order valence-electron chi connectivity index (χ3n) is 3.87. The van der Waals surface area contributed by atoms with Crippen LogP contribution in [0.15, 0.2) is 54.6 Å². The summed E-state index contributed by atoms with van der Waals surface area (Å²) in [4.78, 5) is 0. The summed E-state index contributed by atoms with van der Waals surface area (Å²) in [6.07, 6.45) is 1.31. The largest absolute Gasteiger partial charge is 0.371 e. The Morgan fingerprint density at radius 2 is 1.80 bits per heavy atom. The molecule has 0 spiro atoms. The fourth-order valence-corrected chi connectivity index (χ4v) is 2.59. The van der Waals surface area contributed by atoms with Crippen LogP contribution in [0, 0.1) is 6.92 Å². The van der Waals surface area contributed by atoms with Gasteiger partial charge in [-0.3, -0.25) is 0 Å². The molecule has 2 heteroatoms. The average molecular weight is 268 g/mol. The predicted molar refractivity (Wildman–Crippen MR) is 79.5 cm³/mol. The van der Waals surface area contributed by atoms with Gasteiger partial charge in [0.1, 0.15) is 0 Å². The fourth-order valence-electron chi connectivity index (χ4n) is 2.59. The van der Waals surface area contributed by atoms with Crippen LogP contribution in [0.5, 0.6) is 0 Å². The van der Waals surface area contributed by atoms with Crippen LogP contribution < -0.4 is 0 Å². The molecule has 3 rings (SSSR count). The first-order valence-electron chi connectivity index (χ1n) is 7.15. The zero-order valence-corrected chi connectivity index (χ0v) is 11.8. The highest BCUT2D eigenvalue weighted by Crippen LogP contribution is 2.30. The van der Waals surface area contributed by atoms with E-state index in [1.54, 1.807) is 0 Å². The Bertz CT molecular complexity index is 550. The van der Waals surface area contributed by atoms with Crippen molar-refractivity contribution in [2.45, 2.75) is 32.2 Å². The monoisotopic (exact) mass is 268 g/mol. The molecule has 1 aliphatic rings. The number of rotatable bonds is 4. The summed E-state index contributed by atoms with van der Waals surface area (Å²) < 4.78 is 11.8. The average Bonchev–Trinajstić information content (AvgIpc) is 2.96. The Morgan fingerprint density at radius 3 is 2.60 bits per heavy atom. The maximum Gasteiger partial charge on any atom is 0.0851 e. The minimum absolute atomic E-state index is 0.179. The topological polar surface area (TPSA) is 18.5 Å². The molecule has 2 aromatic rings. The van der Waals surface area contributed by atoms with Crippen molar-refractivity contribution in [3.05, 3.63) is 71.3 Å². The molecule has 2 aromatic carbocycles. The Hall–Kier alpha value is -1.64. The Labute approximate surface area is 120 Å². The lowest BCUT2D eigenvalue weighted by Gasteiger charge is -2.12. The lowest BCUT2D eigenvalue weighted by molar-refractivity contribution is 0.0273. The van der Waals surface area contributed by atoms with Crippen molar-refractivity contribution in [1.82, 2.24) is 0 Å². The van der Waals surface area contributed by atoms with Gasteiger partial charge in [0.05, 0.1) is 25.4 Å². The quantitative estimate of drug-likeness (QED) is 0.833. The molecule has 0 bridgehead atoms. The van der Waals surface area contributed by atoms with Gasteiger partial charge in [0.2, 0.25) is 0 Å². The van der Waals surface area contributed by atoms with Crippen LogP contribution in [0.2, 0.25) is 0 Å². The molecule has 2 nitrogen and oxygen atoms in total. The van der Waals surface area contributed by atoms with Gasteiger partial charge in [-0.05, 0) is 23.6 Å². The van der Waals surface area contributed by atoms with E-state index in [1.807, 2.05) is 6.07 Å². The van der Waals surface area contributed by atoms with Gasteiger partial charge in [-0.15, -0.1) is 0 Å². The summed E-state index contributed by atoms with van der Waals surface area (Å²) in [5.74, 6) is 0. The second-order valence-electron chi connectivity index (χ2n) is 5.33. The smallest absolute Gasteiger partial charge is 0.0851 e. The summed E-state index contributed by atoms with van der Waals surface area (Å²) in [5, 5.41) is 0. The lowest BCUT2D eigenvalue weighted by Crippen LogP contribution is -2.12. The zero-order valence-electron chi connectivity index (χ0n) is 11.8. The summed E-state index contributed by atoms with van der Waals surface area (Å²) in [6, 6.07) is 18.7. The summed E-state index contributed by atoms with van der Waals surface area (Å²) >= 11 is 0. The second-order valence-corrected chi connectivity index (χ2v) is 5.33.